The van der Waals surface area contributed by atoms with E-state index >= 15 is 0 Å². The molecule has 0 fully saturated rings. The molecule has 9 rings (SSSR count). The molecule has 0 spiro atoms. The molecule has 0 aliphatic carbocycles. The third kappa shape index (κ3) is 4.92. The summed E-state index contributed by atoms with van der Waals surface area (Å²) in [6.07, 6.45) is 0. The van der Waals surface area contributed by atoms with Crippen molar-refractivity contribution >= 4 is 49.8 Å². The molecule has 0 amide bonds. The van der Waals surface area contributed by atoms with Crippen LogP contribution in [0.25, 0.3) is 66.1 Å². The lowest BCUT2D eigenvalue weighted by Crippen LogP contribution is -2.09. The van der Waals surface area contributed by atoms with Crippen LogP contribution in [-0.2, 0) is 0 Å². The van der Waals surface area contributed by atoms with Crippen molar-refractivity contribution < 1.29 is 4.42 Å². The van der Waals surface area contributed by atoms with Crippen molar-refractivity contribution in [1.29, 1.82) is 0 Å². The van der Waals surface area contributed by atoms with Gasteiger partial charge in [0.2, 0.25) is 0 Å². The summed E-state index contributed by atoms with van der Waals surface area (Å²) in [6.45, 7) is 0. The van der Waals surface area contributed by atoms with Crippen LogP contribution in [0.4, 0.5) is 17.1 Å². The molecule has 48 heavy (non-hydrogen) atoms. The van der Waals surface area contributed by atoms with Crippen molar-refractivity contribution in [2.75, 3.05) is 4.90 Å². The van der Waals surface area contributed by atoms with E-state index in [2.05, 4.69) is 181 Å². The smallest absolute Gasteiger partial charge is 0.136 e. The number of hydrogen-bond donors (Lipinski definition) is 0. The Hall–Kier alpha value is -6.38. The second-order valence-corrected chi connectivity index (χ2v) is 12.1. The maximum absolute atomic E-state index is 6.18. The number of para-hydroxylation sites is 2. The van der Waals surface area contributed by atoms with Gasteiger partial charge in [0.1, 0.15) is 11.2 Å². The largest absolute Gasteiger partial charge is 0.456 e. The second-order valence-electron chi connectivity index (χ2n) is 12.1. The van der Waals surface area contributed by atoms with Crippen LogP contribution in [0.1, 0.15) is 0 Å². The van der Waals surface area contributed by atoms with Gasteiger partial charge in [-0.2, -0.15) is 0 Å². The fraction of sp³-hybridized carbons (Fsp3) is 0. The third-order valence-electron chi connectivity index (χ3n) is 9.28. The molecule has 226 valence electrons. The third-order valence-corrected chi connectivity index (χ3v) is 9.28. The van der Waals surface area contributed by atoms with E-state index in [9.17, 15) is 0 Å². The van der Waals surface area contributed by atoms with Crippen LogP contribution in [-0.4, -0.2) is 0 Å². The average molecular weight is 614 g/mol. The van der Waals surface area contributed by atoms with Crippen LogP contribution < -0.4 is 4.90 Å². The predicted octanol–water partition coefficient (Wildman–Crippen LogP) is 13.2. The van der Waals surface area contributed by atoms with Gasteiger partial charge >= 0.3 is 0 Å². The van der Waals surface area contributed by atoms with Crippen LogP contribution in [0.15, 0.2) is 192 Å². The minimum absolute atomic E-state index is 0.921. The minimum atomic E-state index is 0.921. The topological polar surface area (TPSA) is 16.4 Å². The first-order chi connectivity index (χ1) is 23.8. The van der Waals surface area contributed by atoms with Gasteiger partial charge in [0.05, 0.1) is 0 Å². The van der Waals surface area contributed by atoms with Gasteiger partial charge in [0.15, 0.2) is 0 Å². The van der Waals surface area contributed by atoms with Crippen LogP contribution in [0.5, 0.6) is 0 Å². The standard InChI is InChI=1S/C46H31NO/c1-3-11-32(12-4-1)35-13-9-14-36(31-35)33-21-25-38(26-22-33)47(37-15-5-2-6-16-37)39-27-23-34(24-28-39)40-18-10-19-42-41(40)29-30-45-46(42)43-17-7-8-20-44(43)48-45/h1-31H. The minimum Gasteiger partial charge on any atom is -0.456 e. The fourth-order valence-electron chi connectivity index (χ4n) is 6.96. The number of benzene rings is 8. The molecule has 0 atom stereocenters. The highest BCUT2D eigenvalue weighted by atomic mass is 16.3. The Kier molecular flexibility index (Phi) is 6.84. The van der Waals surface area contributed by atoms with Crippen LogP contribution in [0, 0.1) is 0 Å². The van der Waals surface area contributed by atoms with Gasteiger partial charge in [0, 0.05) is 27.8 Å². The average Bonchev–Trinajstić information content (AvgIpc) is 3.56. The molecular formula is C46H31NO. The van der Waals surface area contributed by atoms with Gasteiger partial charge in [-0.3, -0.25) is 0 Å². The maximum Gasteiger partial charge on any atom is 0.136 e. The zero-order chi connectivity index (χ0) is 31.9. The lowest BCUT2D eigenvalue weighted by atomic mass is 9.95. The Bertz CT molecular complexity index is 2530. The Morgan fingerprint density at radius 2 is 0.854 bits per heavy atom. The van der Waals surface area contributed by atoms with E-state index in [0.717, 1.165) is 33.6 Å². The van der Waals surface area contributed by atoms with Crippen molar-refractivity contribution in [2.24, 2.45) is 0 Å². The lowest BCUT2D eigenvalue weighted by molar-refractivity contribution is 0.669. The number of hydrogen-bond acceptors (Lipinski definition) is 2. The summed E-state index contributed by atoms with van der Waals surface area (Å²) in [4.78, 5) is 2.32. The fourth-order valence-corrected chi connectivity index (χ4v) is 6.96. The first-order valence-corrected chi connectivity index (χ1v) is 16.3. The zero-order valence-electron chi connectivity index (χ0n) is 26.3. The molecule has 0 saturated heterocycles. The molecule has 0 aliphatic rings. The molecule has 0 bridgehead atoms. The summed E-state index contributed by atoms with van der Waals surface area (Å²) >= 11 is 0. The quantitative estimate of drug-likeness (QED) is 0.185. The summed E-state index contributed by atoms with van der Waals surface area (Å²) in [5.41, 5.74) is 12.4. The molecule has 9 aromatic rings. The molecule has 0 unspecified atom stereocenters. The van der Waals surface area contributed by atoms with E-state index in [1.807, 2.05) is 12.1 Å². The van der Waals surface area contributed by atoms with E-state index in [-0.39, 0.29) is 0 Å². The van der Waals surface area contributed by atoms with Crippen molar-refractivity contribution in [3.8, 4) is 33.4 Å². The Labute approximate surface area is 279 Å². The van der Waals surface area contributed by atoms with E-state index in [0.29, 0.717) is 0 Å². The van der Waals surface area contributed by atoms with E-state index in [4.69, 9.17) is 4.42 Å². The number of furan rings is 1. The van der Waals surface area contributed by atoms with Crippen LogP contribution in [0.2, 0.25) is 0 Å². The first-order valence-electron chi connectivity index (χ1n) is 16.3. The highest BCUT2D eigenvalue weighted by molar-refractivity contribution is 6.20. The summed E-state index contributed by atoms with van der Waals surface area (Å²) < 4.78 is 6.18. The Morgan fingerprint density at radius 3 is 1.58 bits per heavy atom. The van der Waals surface area contributed by atoms with E-state index in [1.54, 1.807) is 0 Å². The highest BCUT2D eigenvalue weighted by Gasteiger charge is 2.15. The van der Waals surface area contributed by atoms with Gasteiger partial charge in [-0.1, -0.05) is 133 Å². The number of nitrogens with zero attached hydrogens (tertiary/aromatic N) is 1. The number of anilines is 3. The summed E-state index contributed by atoms with van der Waals surface area (Å²) in [6, 6.07) is 66.9. The number of fused-ring (bicyclic) bond motifs is 5. The van der Waals surface area contributed by atoms with Crippen molar-refractivity contribution in [3.05, 3.63) is 188 Å². The summed E-state index contributed by atoms with van der Waals surface area (Å²) in [5.74, 6) is 0. The number of rotatable bonds is 6. The Morgan fingerprint density at radius 1 is 0.312 bits per heavy atom. The second kappa shape index (κ2) is 11.8. The predicted molar refractivity (Wildman–Crippen MR) is 202 cm³/mol. The molecule has 0 saturated carbocycles. The molecule has 2 nitrogen and oxygen atoms in total. The van der Waals surface area contributed by atoms with Gasteiger partial charge < -0.3 is 9.32 Å². The Balaban J connectivity index is 1.08. The van der Waals surface area contributed by atoms with Gasteiger partial charge in [-0.05, 0) is 98.8 Å². The van der Waals surface area contributed by atoms with Crippen molar-refractivity contribution in [3.63, 3.8) is 0 Å². The van der Waals surface area contributed by atoms with Crippen molar-refractivity contribution in [1.82, 2.24) is 0 Å². The highest BCUT2D eigenvalue weighted by Crippen LogP contribution is 2.40. The molecule has 0 radical (unpaired) electrons. The molecule has 8 aromatic carbocycles. The van der Waals surface area contributed by atoms with E-state index < -0.39 is 0 Å². The lowest BCUT2D eigenvalue weighted by Gasteiger charge is -2.26. The first kappa shape index (κ1) is 27.9. The van der Waals surface area contributed by atoms with Gasteiger partial charge in [-0.15, -0.1) is 0 Å². The van der Waals surface area contributed by atoms with Crippen LogP contribution in [0.3, 0.4) is 0 Å². The molecular weight excluding hydrogens is 583 g/mol. The van der Waals surface area contributed by atoms with E-state index in [1.165, 1.54) is 49.5 Å². The van der Waals surface area contributed by atoms with Crippen LogP contribution >= 0.6 is 0 Å². The molecule has 2 heteroatoms. The zero-order valence-corrected chi connectivity index (χ0v) is 26.3. The molecule has 0 aliphatic heterocycles. The summed E-state index contributed by atoms with van der Waals surface area (Å²) in [7, 11) is 0. The van der Waals surface area contributed by atoms with Crippen molar-refractivity contribution in [2.45, 2.75) is 0 Å². The van der Waals surface area contributed by atoms with Gasteiger partial charge in [0.25, 0.3) is 0 Å². The maximum atomic E-state index is 6.18. The summed E-state index contributed by atoms with van der Waals surface area (Å²) in [5, 5.41) is 4.75. The molecule has 1 heterocycles. The molecule has 1 aromatic heterocycles. The van der Waals surface area contributed by atoms with Gasteiger partial charge in [-0.25, -0.2) is 0 Å². The SMILES string of the molecule is c1ccc(-c2cccc(-c3ccc(N(c4ccccc4)c4ccc(-c5cccc6c5ccc5oc7ccccc7c56)cc4)cc3)c2)cc1. The normalized spacial score (nSPS) is 11.3. The monoisotopic (exact) mass is 613 g/mol. The molecule has 0 N–H and O–H groups in total.